The number of carboxylic acids is 1. The van der Waals surface area contributed by atoms with Gasteiger partial charge in [0.25, 0.3) is 0 Å². The zero-order valence-electron chi connectivity index (χ0n) is 19.7. The minimum Gasteiger partial charge on any atom is -0.505 e. The number of anilines is 2. The van der Waals surface area contributed by atoms with Crippen LogP contribution in [0.1, 0.15) is 41.3 Å². The van der Waals surface area contributed by atoms with Crippen molar-refractivity contribution in [1.29, 1.82) is 0 Å². The van der Waals surface area contributed by atoms with E-state index in [4.69, 9.17) is 0 Å². The average Bonchev–Trinajstić information content (AvgIpc) is 3.15. The Morgan fingerprint density at radius 2 is 1.83 bits per heavy atom. The Morgan fingerprint density at radius 3 is 2.54 bits per heavy atom. The van der Waals surface area contributed by atoms with Crippen LogP contribution in [0.3, 0.4) is 0 Å². The summed E-state index contributed by atoms with van der Waals surface area (Å²) in [5.74, 6) is -1.51. The first-order valence-corrected chi connectivity index (χ1v) is 11.3. The number of aryl methyl sites for hydroxylation is 2. The second-order valence-corrected chi connectivity index (χ2v) is 8.34. The summed E-state index contributed by atoms with van der Waals surface area (Å²) in [4.78, 5) is 24.5. The number of hydrogen-bond acceptors (Lipinski definition) is 6. The van der Waals surface area contributed by atoms with Crippen molar-refractivity contribution in [3.05, 3.63) is 77.4 Å². The molecule has 1 amide bonds. The molecule has 8 nitrogen and oxygen atoms in total. The Labute approximate surface area is 203 Å². The second kappa shape index (κ2) is 9.80. The van der Waals surface area contributed by atoms with Crippen molar-refractivity contribution in [2.24, 2.45) is 10.2 Å². The van der Waals surface area contributed by atoms with Gasteiger partial charge in [0.1, 0.15) is 5.75 Å². The first-order chi connectivity index (χ1) is 16.8. The molecular formula is C27H26N4O4. The SMILES string of the molecule is CCCC1=NN(c2ccc(C)c(C)c2)C(=O)C1=NNc1cccc(-c2cccc(C(=O)O)c2)c1O. The van der Waals surface area contributed by atoms with Crippen LogP contribution in [0.4, 0.5) is 11.4 Å². The maximum Gasteiger partial charge on any atom is 0.335 e. The highest BCUT2D eigenvalue weighted by Gasteiger charge is 2.33. The van der Waals surface area contributed by atoms with Gasteiger partial charge >= 0.3 is 11.9 Å². The smallest absolute Gasteiger partial charge is 0.335 e. The van der Waals surface area contributed by atoms with E-state index in [-0.39, 0.29) is 28.6 Å². The van der Waals surface area contributed by atoms with E-state index in [0.717, 1.165) is 17.5 Å². The number of carbonyl (C=O) groups is 2. The molecule has 3 N–H and O–H groups in total. The van der Waals surface area contributed by atoms with Crippen molar-refractivity contribution in [2.75, 3.05) is 10.4 Å². The lowest BCUT2D eigenvalue weighted by atomic mass is 10.0. The minimum atomic E-state index is -1.05. The lowest BCUT2D eigenvalue weighted by molar-refractivity contribution is -0.112. The summed E-state index contributed by atoms with van der Waals surface area (Å²) >= 11 is 0. The molecule has 1 aliphatic heterocycles. The van der Waals surface area contributed by atoms with Gasteiger partial charge in [-0.3, -0.25) is 10.2 Å². The fourth-order valence-corrected chi connectivity index (χ4v) is 3.79. The molecule has 0 aromatic heterocycles. The van der Waals surface area contributed by atoms with E-state index >= 15 is 0 Å². The Balaban J connectivity index is 1.65. The van der Waals surface area contributed by atoms with Crippen LogP contribution in [-0.2, 0) is 4.79 Å². The molecule has 35 heavy (non-hydrogen) atoms. The van der Waals surface area contributed by atoms with Gasteiger partial charge in [-0.25, -0.2) is 4.79 Å². The van der Waals surface area contributed by atoms with Crippen LogP contribution in [0.25, 0.3) is 11.1 Å². The van der Waals surface area contributed by atoms with Gasteiger partial charge < -0.3 is 10.2 Å². The minimum absolute atomic E-state index is 0.107. The van der Waals surface area contributed by atoms with Gasteiger partial charge in [-0.05, 0) is 67.3 Å². The molecule has 0 aliphatic carbocycles. The molecule has 0 bridgehead atoms. The standard InChI is InChI=1S/C27H26N4O4/c1-4-7-22-24(26(33)31(30-22)20-13-12-16(2)17(3)14-20)29-28-23-11-6-10-21(25(23)32)18-8-5-9-19(15-18)27(34)35/h5-6,8-15,28,32H,4,7H2,1-3H3,(H,34,35). The molecule has 0 fully saturated rings. The van der Waals surface area contributed by atoms with E-state index < -0.39 is 5.97 Å². The number of nitrogens with zero attached hydrogens (tertiary/aromatic N) is 3. The molecule has 0 radical (unpaired) electrons. The summed E-state index contributed by atoms with van der Waals surface area (Å²) in [5.41, 5.74) is 7.78. The number of phenolic OH excluding ortho intramolecular Hbond substituents is 1. The van der Waals surface area contributed by atoms with Crippen molar-refractivity contribution in [3.8, 4) is 16.9 Å². The highest BCUT2D eigenvalue weighted by molar-refractivity contribution is 6.71. The van der Waals surface area contributed by atoms with Crippen LogP contribution in [0.2, 0.25) is 0 Å². The molecular weight excluding hydrogens is 444 g/mol. The highest BCUT2D eigenvalue weighted by Crippen LogP contribution is 2.36. The molecule has 0 atom stereocenters. The molecule has 3 aromatic rings. The maximum atomic E-state index is 13.2. The number of carbonyl (C=O) groups excluding carboxylic acids is 1. The van der Waals surface area contributed by atoms with Gasteiger partial charge in [0.15, 0.2) is 5.71 Å². The normalized spacial score (nSPS) is 14.4. The molecule has 0 spiro atoms. The summed E-state index contributed by atoms with van der Waals surface area (Å²) in [7, 11) is 0. The highest BCUT2D eigenvalue weighted by atomic mass is 16.4. The molecule has 0 saturated heterocycles. The van der Waals surface area contributed by atoms with Crippen molar-refractivity contribution in [2.45, 2.75) is 33.6 Å². The van der Waals surface area contributed by atoms with Gasteiger partial charge in [0.2, 0.25) is 0 Å². The summed E-state index contributed by atoms with van der Waals surface area (Å²) in [6.07, 6.45) is 1.36. The van der Waals surface area contributed by atoms with Crippen LogP contribution < -0.4 is 10.4 Å². The number of rotatable bonds is 7. The molecule has 0 unspecified atom stereocenters. The number of phenols is 1. The lowest BCUT2D eigenvalue weighted by Crippen LogP contribution is -2.28. The molecule has 8 heteroatoms. The molecule has 4 rings (SSSR count). The van der Waals surface area contributed by atoms with Gasteiger partial charge in [-0.1, -0.05) is 43.7 Å². The second-order valence-electron chi connectivity index (χ2n) is 8.34. The maximum absolute atomic E-state index is 13.2. The van der Waals surface area contributed by atoms with Crippen LogP contribution >= 0.6 is 0 Å². The summed E-state index contributed by atoms with van der Waals surface area (Å²) in [6.45, 7) is 5.98. The lowest BCUT2D eigenvalue weighted by Gasteiger charge is -2.13. The van der Waals surface area contributed by atoms with Gasteiger partial charge in [0.05, 0.1) is 22.6 Å². The van der Waals surface area contributed by atoms with Crippen molar-refractivity contribution in [3.63, 3.8) is 0 Å². The number of carboxylic acid groups (broad SMARTS) is 1. The van der Waals surface area contributed by atoms with E-state index in [0.29, 0.717) is 28.9 Å². The molecule has 3 aromatic carbocycles. The third-order valence-electron chi connectivity index (χ3n) is 5.86. The number of hydrazone groups is 2. The van der Waals surface area contributed by atoms with E-state index in [2.05, 4.69) is 15.6 Å². The van der Waals surface area contributed by atoms with E-state index in [9.17, 15) is 19.8 Å². The Hall–Kier alpha value is -4.46. The number of benzene rings is 3. The zero-order valence-corrected chi connectivity index (χ0v) is 19.7. The predicted molar refractivity (Wildman–Crippen MR) is 137 cm³/mol. The average molecular weight is 471 g/mol. The Kier molecular flexibility index (Phi) is 6.64. The van der Waals surface area contributed by atoms with Crippen LogP contribution in [0.5, 0.6) is 5.75 Å². The number of aromatic hydroxyl groups is 1. The first-order valence-electron chi connectivity index (χ1n) is 11.3. The molecule has 1 heterocycles. The number of aromatic carboxylic acids is 1. The van der Waals surface area contributed by atoms with Crippen LogP contribution in [0.15, 0.2) is 70.9 Å². The van der Waals surface area contributed by atoms with E-state index in [1.165, 1.54) is 17.1 Å². The zero-order chi connectivity index (χ0) is 25.1. The molecule has 0 saturated carbocycles. The number of para-hydroxylation sites is 1. The quantitative estimate of drug-likeness (QED) is 0.318. The number of nitrogens with one attached hydrogen (secondary N) is 1. The Morgan fingerprint density at radius 1 is 1.06 bits per heavy atom. The fraction of sp³-hybridized carbons (Fsp3) is 0.185. The van der Waals surface area contributed by atoms with Crippen molar-refractivity contribution in [1.82, 2.24) is 0 Å². The topological polar surface area (TPSA) is 115 Å². The predicted octanol–water partition coefficient (Wildman–Crippen LogP) is 5.35. The summed E-state index contributed by atoms with van der Waals surface area (Å²) in [5, 5.41) is 30.3. The number of hydrogen-bond donors (Lipinski definition) is 3. The third-order valence-corrected chi connectivity index (χ3v) is 5.86. The van der Waals surface area contributed by atoms with E-state index in [1.807, 2.05) is 39.0 Å². The van der Waals surface area contributed by atoms with Gasteiger partial charge in [-0.2, -0.15) is 15.2 Å². The number of amides is 1. The van der Waals surface area contributed by atoms with Gasteiger partial charge in [-0.15, -0.1) is 0 Å². The fourth-order valence-electron chi connectivity index (χ4n) is 3.79. The first kappa shape index (κ1) is 23.7. The molecule has 1 aliphatic rings. The molecule has 178 valence electrons. The summed E-state index contributed by atoms with van der Waals surface area (Å²) in [6, 6.07) is 17.0. The van der Waals surface area contributed by atoms with E-state index in [1.54, 1.807) is 30.3 Å². The monoisotopic (exact) mass is 470 g/mol. The van der Waals surface area contributed by atoms with Crippen LogP contribution in [-0.4, -0.2) is 33.5 Å². The van der Waals surface area contributed by atoms with Crippen molar-refractivity contribution < 1.29 is 19.8 Å². The van der Waals surface area contributed by atoms with Crippen LogP contribution in [0, 0.1) is 13.8 Å². The largest absolute Gasteiger partial charge is 0.505 e. The summed E-state index contributed by atoms with van der Waals surface area (Å²) < 4.78 is 0. The van der Waals surface area contributed by atoms with Crippen molar-refractivity contribution >= 4 is 34.7 Å². The van der Waals surface area contributed by atoms with Gasteiger partial charge in [0, 0.05) is 5.56 Å². The Bertz CT molecular complexity index is 1380. The third kappa shape index (κ3) is 4.77.